The summed E-state index contributed by atoms with van der Waals surface area (Å²) in [4.78, 5) is 5.39. The highest BCUT2D eigenvalue weighted by molar-refractivity contribution is 7.98. The lowest BCUT2D eigenvalue weighted by Crippen LogP contribution is -2.11. The molecule has 14 heavy (non-hydrogen) atoms. The van der Waals surface area contributed by atoms with Crippen molar-refractivity contribution in [3.8, 4) is 0 Å². The van der Waals surface area contributed by atoms with Gasteiger partial charge < -0.3 is 10.1 Å². The van der Waals surface area contributed by atoms with Crippen LogP contribution in [0.2, 0.25) is 0 Å². The van der Waals surface area contributed by atoms with Gasteiger partial charge in [-0.3, -0.25) is 0 Å². The Bertz CT molecular complexity index is 352. The van der Waals surface area contributed by atoms with E-state index in [-0.39, 0.29) is 0 Å². The van der Waals surface area contributed by atoms with Crippen LogP contribution >= 0.6 is 11.8 Å². The van der Waals surface area contributed by atoms with E-state index in [4.69, 9.17) is 4.74 Å². The van der Waals surface area contributed by atoms with E-state index in [1.54, 1.807) is 11.8 Å². The van der Waals surface area contributed by atoms with Crippen molar-refractivity contribution in [2.24, 2.45) is 4.99 Å². The molecule has 1 aliphatic rings. The van der Waals surface area contributed by atoms with E-state index in [9.17, 15) is 0 Å². The minimum Gasteiger partial charge on any atom is -0.463 e. The number of benzene rings is 1. The predicted molar refractivity (Wildman–Crippen MR) is 60.1 cm³/mol. The van der Waals surface area contributed by atoms with Crippen LogP contribution in [0.3, 0.4) is 0 Å². The Morgan fingerprint density at radius 2 is 2.43 bits per heavy atom. The van der Waals surface area contributed by atoms with Crippen molar-refractivity contribution in [1.29, 1.82) is 0 Å². The zero-order valence-corrected chi connectivity index (χ0v) is 8.80. The molecular formula is C10H12N2OS. The lowest BCUT2D eigenvalue weighted by atomic mass is 10.3. The van der Waals surface area contributed by atoms with E-state index in [0.717, 1.165) is 12.2 Å². The van der Waals surface area contributed by atoms with Crippen LogP contribution in [0.4, 0.5) is 5.69 Å². The minimum atomic E-state index is 0.628. The molecular weight excluding hydrogens is 196 g/mol. The second-order valence-corrected chi connectivity index (χ2v) is 3.77. The molecule has 0 unspecified atom stereocenters. The van der Waals surface area contributed by atoms with Crippen LogP contribution in [-0.2, 0) is 4.74 Å². The fourth-order valence-corrected chi connectivity index (χ4v) is 1.69. The number of hydrogen-bond acceptors (Lipinski definition) is 4. The largest absolute Gasteiger partial charge is 0.463 e. The van der Waals surface area contributed by atoms with Gasteiger partial charge >= 0.3 is 0 Å². The average molecular weight is 208 g/mol. The van der Waals surface area contributed by atoms with Crippen LogP contribution in [0.1, 0.15) is 0 Å². The number of thioether (sulfide) groups is 1. The van der Waals surface area contributed by atoms with Gasteiger partial charge in [0.25, 0.3) is 6.02 Å². The van der Waals surface area contributed by atoms with E-state index in [0.29, 0.717) is 12.6 Å². The van der Waals surface area contributed by atoms with Crippen LogP contribution < -0.4 is 5.32 Å². The molecule has 1 aromatic carbocycles. The topological polar surface area (TPSA) is 33.6 Å². The van der Waals surface area contributed by atoms with Crippen molar-refractivity contribution in [3.63, 3.8) is 0 Å². The number of amidine groups is 1. The Labute approximate surface area is 87.6 Å². The van der Waals surface area contributed by atoms with Gasteiger partial charge in [0, 0.05) is 10.6 Å². The van der Waals surface area contributed by atoms with Gasteiger partial charge in [0.15, 0.2) is 0 Å². The molecule has 1 aromatic rings. The molecule has 1 N–H and O–H groups in total. The first-order valence-electron chi connectivity index (χ1n) is 4.47. The highest BCUT2D eigenvalue weighted by Crippen LogP contribution is 2.19. The summed E-state index contributed by atoms with van der Waals surface area (Å²) >= 11 is 1.72. The maximum absolute atomic E-state index is 5.26. The third-order valence-corrected chi connectivity index (χ3v) is 2.63. The summed E-state index contributed by atoms with van der Waals surface area (Å²) in [7, 11) is 0. The van der Waals surface area contributed by atoms with Crippen molar-refractivity contribution in [2.45, 2.75) is 4.90 Å². The Balaban J connectivity index is 2.08. The van der Waals surface area contributed by atoms with Gasteiger partial charge in [-0.25, -0.2) is 4.99 Å². The molecule has 0 bridgehead atoms. The number of nitrogens with one attached hydrogen (secondary N) is 1. The average Bonchev–Trinajstić information content (AvgIpc) is 2.71. The predicted octanol–water partition coefficient (Wildman–Crippen LogP) is 2.21. The molecule has 4 heteroatoms. The van der Waals surface area contributed by atoms with Crippen LogP contribution in [0.5, 0.6) is 0 Å². The summed E-state index contributed by atoms with van der Waals surface area (Å²) < 4.78 is 5.26. The Hall–Kier alpha value is -1.16. The molecule has 2 rings (SSSR count). The second kappa shape index (κ2) is 4.37. The van der Waals surface area contributed by atoms with Gasteiger partial charge in [-0.1, -0.05) is 6.07 Å². The Kier molecular flexibility index (Phi) is 2.93. The summed E-state index contributed by atoms with van der Waals surface area (Å²) in [6, 6.07) is 8.80. The fraction of sp³-hybridized carbons (Fsp3) is 0.300. The summed E-state index contributed by atoms with van der Waals surface area (Å²) in [6.45, 7) is 1.44. The molecule has 0 saturated carbocycles. The number of ether oxygens (including phenoxy) is 1. The van der Waals surface area contributed by atoms with E-state index in [1.807, 2.05) is 12.1 Å². The molecule has 0 aromatic heterocycles. The molecule has 0 radical (unpaired) electrons. The Morgan fingerprint density at radius 1 is 1.50 bits per heavy atom. The number of rotatable bonds is 2. The third kappa shape index (κ3) is 2.20. The fourth-order valence-electron chi connectivity index (χ4n) is 1.24. The minimum absolute atomic E-state index is 0.628. The zero-order valence-electron chi connectivity index (χ0n) is 7.99. The second-order valence-electron chi connectivity index (χ2n) is 2.89. The monoisotopic (exact) mass is 208 g/mol. The highest BCUT2D eigenvalue weighted by Gasteiger charge is 2.06. The number of aliphatic imine (C=N–C) groups is 1. The van der Waals surface area contributed by atoms with Crippen LogP contribution in [0, 0.1) is 0 Å². The van der Waals surface area contributed by atoms with Crippen LogP contribution in [0.25, 0.3) is 0 Å². The summed E-state index contributed by atoms with van der Waals surface area (Å²) in [5, 5.41) is 3.13. The Morgan fingerprint density at radius 3 is 3.14 bits per heavy atom. The van der Waals surface area contributed by atoms with Crippen molar-refractivity contribution in [1.82, 2.24) is 0 Å². The van der Waals surface area contributed by atoms with Gasteiger partial charge in [-0.05, 0) is 24.5 Å². The van der Waals surface area contributed by atoms with Crippen molar-refractivity contribution in [3.05, 3.63) is 24.3 Å². The first-order valence-corrected chi connectivity index (χ1v) is 5.69. The van der Waals surface area contributed by atoms with Crippen molar-refractivity contribution >= 4 is 23.5 Å². The normalized spacial score (nSPS) is 14.8. The number of hydrogen-bond donors (Lipinski definition) is 1. The standard InChI is InChI=1S/C10H12N2OS/c1-14-9-4-2-3-8(7-9)12-10-11-5-6-13-10/h2-4,7H,5-6H2,1H3,(H,11,12). The van der Waals surface area contributed by atoms with Crippen molar-refractivity contribution < 1.29 is 4.74 Å². The van der Waals surface area contributed by atoms with E-state index in [1.165, 1.54) is 4.90 Å². The summed E-state index contributed by atoms with van der Waals surface area (Å²) in [5.74, 6) is 0. The smallest absolute Gasteiger partial charge is 0.289 e. The highest BCUT2D eigenvalue weighted by atomic mass is 32.2. The summed E-state index contributed by atoms with van der Waals surface area (Å²) in [6.07, 6.45) is 2.06. The first kappa shape index (κ1) is 9.40. The molecule has 0 amide bonds. The van der Waals surface area contributed by atoms with Crippen molar-refractivity contribution in [2.75, 3.05) is 24.7 Å². The summed E-state index contributed by atoms with van der Waals surface area (Å²) in [5.41, 5.74) is 1.03. The molecule has 0 aliphatic carbocycles. The van der Waals surface area contributed by atoms with Gasteiger partial charge in [-0.2, -0.15) is 0 Å². The lowest BCUT2D eigenvalue weighted by Gasteiger charge is -2.06. The molecule has 74 valence electrons. The van der Waals surface area contributed by atoms with Gasteiger partial charge in [0.05, 0.1) is 6.54 Å². The molecule has 0 spiro atoms. The van der Waals surface area contributed by atoms with E-state index < -0.39 is 0 Å². The first-order chi connectivity index (χ1) is 6.88. The number of anilines is 1. The zero-order chi connectivity index (χ0) is 9.80. The van der Waals surface area contributed by atoms with Gasteiger partial charge in [0.1, 0.15) is 6.61 Å². The van der Waals surface area contributed by atoms with Gasteiger partial charge in [0.2, 0.25) is 0 Å². The molecule has 0 saturated heterocycles. The van der Waals surface area contributed by atoms with Crippen LogP contribution in [-0.4, -0.2) is 25.4 Å². The van der Waals surface area contributed by atoms with Crippen LogP contribution in [0.15, 0.2) is 34.2 Å². The lowest BCUT2D eigenvalue weighted by molar-refractivity contribution is 0.346. The molecule has 3 nitrogen and oxygen atoms in total. The molecule has 0 fully saturated rings. The molecule has 1 aliphatic heterocycles. The molecule has 0 atom stereocenters. The van der Waals surface area contributed by atoms with E-state index >= 15 is 0 Å². The maximum Gasteiger partial charge on any atom is 0.289 e. The maximum atomic E-state index is 5.26. The SMILES string of the molecule is CSc1cccc(NC2=NCCO2)c1. The molecule has 1 heterocycles. The number of nitrogens with zero attached hydrogens (tertiary/aromatic N) is 1. The quantitative estimate of drug-likeness (QED) is 0.756. The van der Waals surface area contributed by atoms with Gasteiger partial charge in [-0.15, -0.1) is 11.8 Å². The third-order valence-electron chi connectivity index (χ3n) is 1.91. The van der Waals surface area contributed by atoms with E-state index in [2.05, 4.69) is 28.7 Å².